The highest BCUT2D eigenvalue weighted by molar-refractivity contribution is 5.78. The number of ether oxygens (including phenoxy) is 3. The molecule has 0 rings (SSSR count). The van der Waals surface area contributed by atoms with Crippen molar-refractivity contribution in [3.8, 4) is 0 Å². The Balaban J connectivity index is 2.92. The smallest absolute Gasteiger partial charge is 0.0701 e. The van der Waals surface area contributed by atoms with Crippen LogP contribution in [0.2, 0.25) is 0 Å². The first-order chi connectivity index (χ1) is 8.77. The molecule has 5 nitrogen and oxygen atoms in total. The molecular formula is C13H28N2O3. The molecule has 0 amide bonds. The Labute approximate surface area is 111 Å². The van der Waals surface area contributed by atoms with E-state index in [2.05, 4.69) is 12.2 Å². The minimum absolute atomic E-state index is 0.589. The summed E-state index contributed by atoms with van der Waals surface area (Å²) in [5.41, 5.74) is 0.654. The van der Waals surface area contributed by atoms with E-state index in [0.29, 0.717) is 45.2 Å². The van der Waals surface area contributed by atoms with Crippen LogP contribution in [-0.4, -0.2) is 58.4 Å². The fourth-order valence-corrected chi connectivity index (χ4v) is 1.21. The Morgan fingerprint density at radius 1 is 0.889 bits per heavy atom. The third kappa shape index (κ3) is 15.5. The zero-order chi connectivity index (χ0) is 13.5. The fraction of sp³-hybridized carbons (Fsp3) is 0.923. The molecule has 0 saturated carbocycles. The zero-order valence-electron chi connectivity index (χ0n) is 11.8. The van der Waals surface area contributed by atoms with Gasteiger partial charge < -0.3 is 24.9 Å². The second-order valence-electron chi connectivity index (χ2n) is 4.12. The molecule has 0 fully saturated rings. The van der Waals surface area contributed by atoms with Crippen molar-refractivity contribution in [2.45, 2.75) is 26.7 Å². The first kappa shape index (κ1) is 17.5. The summed E-state index contributed by atoms with van der Waals surface area (Å²) in [6.45, 7) is 9.65. The van der Waals surface area contributed by atoms with Crippen LogP contribution >= 0.6 is 0 Å². The van der Waals surface area contributed by atoms with E-state index in [9.17, 15) is 0 Å². The first-order valence-electron chi connectivity index (χ1n) is 6.75. The predicted molar refractivity (Wildman–Crippen MR) is 73.6 cm³/mol. The van der Waals surface area contributed by atoms with Crippen molar-refractivity contribution < 1.29 is 14.2 Å². The number of rotatable bonds is 14. The van der Waals surface area contributed by atoms with Gasteiger partial charge in [-0.15, -0.1) is 0 Å². The number of hydrogen-bond donors (Lipinski definition) is 2. The molecule has 0 aromatic heterocycles. The van der Waals surface area contributed by atoms with Crippen LogP contribution in [-0.2, 0) is 14.2 Å². The van der Waals surface area contributed by atoms with Crippen LogP contribution in [0.3, 0.4) is 0 Å². The van der Waals surface area contributed by atoms with Gasteiger partial charge in [0.25, 0.3) is 0 Å². The van der Waals surface area contributed by atoms with Gasteiger partial charge in [-0.05, 0) is 19.9 Å². The van der Waals surface area contributed by atoms with E-state index in [1.165, 1.54) is 0 Å². The Morgan fingerprint density at radius 2 is 1.44 bits per heavy atom. The summed E-state index contributed by atoms with van der Waals surface area (Å²) in [4.78, 5) is 0. The van der Waals surface area contributed by atoms with Crippen molar-refractivity contribution in [2.24, 2.45) is 0 Å². The minimum atomic E-state index is 0.589. The molecule has 0 aromatic carbocycles. The van der Waals surface area contributed by atoms with Crippen molar-refractivity contribution in [3.05, 3.63) is 0 Å². The van der Waals surface area contributed by atoms with Crippen LogP contribution in [0.25, 0.3) is 0 Å². The summed E-state index contributed by atoms with van der Waals surface area (Å²) in [5.74, 6) is 0. The molecule has 2 N–H and O–H groups in total. The molecule has 5 heteroatoms. The fourth-order valence-electron chi connectivity index (χ4n) is 1.21. The van der Waals surface area contributed by atoms with Gasteiger partial charge in [0, 0.05) is 18.7 Å². The monoisotopic (exact) mass is 260 g/mol. The maximum absolute atomic E-state index is 7.21. The van der Waals surface area contributed by atoms with Crippen LogP contribution in [0.4, 0.5) is 0 Å². The maximum Gasteiger partial charge on any atom is 0.0701 e. The van der Waals surface area contributed by atoms with Gasteiger partial charge in [-0.3, -0.25) is 0 Å². The molecule has 0 aliphatic rings. The van der Waals surface area contributed by atoms with Gasteiger partial charge in [-0.25, -0.2) is 0 Å². The van der Waals surface area contributed by atoms with E-state index >= 15 is 0 Å². The predicted octanol–water partition coefficient (Wildman–Crippen LogP) is 1.47. The van der Waals surface area contributed by atoms with E-state index in [1.54, 1.807) is 6.92 Å². The average Bonchev–Trinajstić information content (AvgIpc) is 2.34. The van der Waals surface area contributed by atoms with Crippen molar-refractivity contribution >= 4 is 5.71 Å². The molecule has 0 radical (unpaired) electrons. The Hall–Kier alpha value is -0.490. The molecule has 0 aromatic rings. The topological polar surface area (TPSA) is 63.6 Å². The molecule has 0 spiro atoms. The van der Waals surface area contributed by atoms with E-state index < -0.39 is 0 Å². The molecule has 0 heterocycles. The summed E-state index contributed by atoms with van der Waals surface area (Å²) >= 11 is 0. The summed E-state index contributed by atoms with van der Waals surface area (Å²) in [6.07, 6.45) is 1.86. The van der Waals surface area contributed by atoms with Crippen LogP contribution in [0, 0.1) is 5.41 Å². The van der Waals surface area contributed by atoms with Crippen LogP contribution in [0.5, 0.6) is 0 Å². The normalized spacial score (nSPS) is 10.8. The molecular weight excluding hydrogens is 232 g/mol. The highest BCUT2D eigenvalue weighted by Crippen LogP contribution is 1.86. The summed E-state index contributed by atoms with van der Waals surface area (Å²) in [7, 11) is 0. The average molecular weight is 260 g/mol. The molecule has 0 saturated heterocycles. The Morgan fingerprint density at radius 3 is 2.00 bits per heavy atom. The number of hydrogen-bond acceptors (Lipinski definition) is 5. The molecule has 0 bridgehead atoms. The van der Waals surface area contributed by atoms with E-state index in [-0.39, 0.29) is 0 Å². The van der Waals surface area contributed by atoms with Crippen LogP contribution in [0.1, 0.15) is 26.7 Å². The van der Waals surface area contributed by atoms with Crippen molar-refractivity contribution in [2.75, 3.05) is 52.7 Å². The zero-order valence-corrected chi connectivity index (χ0v) is 11.8. The van der Waals surface area contributed by atoms with Gasteiger partial charge in [0.2, 0.25) is 0 Å². The van der Waals surface area contributed by atoms with E-state index in [1.807, 2.05) is 0 Å². The van der Waals surface area contributed by atoms with Gasteiger partial charge in [-0.1, -0.05) is 6.92 Å². The van der Waals surface area contributed by atoms with Crippen LogP contribution in [0.15, 0.2) is 0 Å². The van der Waals surface area contributed by atoms with E-state index in [4.69, 9.17) is 19.6 Å². The lowest BCUT2D eigenvalue weighted by molar-refractivity contribution is 0.0164. The number of nitrogens with one attached hydrogen (secondary N) is 2. The third-order valence-electron chi connectivity index (χ3n) is 2.22. The Kier molecular flexibility index (Phi) is 14.2. The largest absolute Gasteiger partial charge is 0.379 e. The van der Waals surface area contributed by atoms with Gasteiger partial charge in [-0.2, -0.15) is 0 Å². The van der Waals surface area contributed by atoms with Crippen LogP contribution < -0.4 is 5.32 Å². The molecule has 0 atom stereocenters. The standard InChI is InChI=1S/C13H28N2O3/c1-3-5-15-6-8-17-10-12-18-11-9-16-7-4-13(2)14/h14-15H,3-12H2,1-2H3. The van der Waals surface area contributed by atoms with Gasteiger partial charge in [0.15, 0.2) is 0 Å². The lowest BCUT2D eigenvalue weighted by atomic mass is 10.3. The highest BCUT2D eigenvalue weighted by Gasteiger charge is 1.92. The molecule has 0 aliphatic carbocycles. The third-order valence-corrected chi connectivity index (χ3v) is 2.22. The summed E-state index contributed by atoms with van der Waals surface area (Å²) < 4.78 is 16.0. The lowest BCUT2D eigenvalue weighted by Crippen LogP contribution is -2.21. The highest BCUT2D eigenvalue weighted by atomic mass is 16.5. The summed E-state index contributed by atoms with van der Waals surface area (Å²) in [5, 5.41) is 10.5. The first-order valence-corrected chi connectivity index (χ1v) is 6.75. The van der Waals surface area contributed by atoms with Gasteiger partial charge in [0.1, 0.15) is 0 Å². The maximum atomic E-state index is 7.21. The molecule has 108 valence electrons. The lowest BCUT2D eigenvalue weighted by Gasteiger charge is -2.07. The van der Waals surface area contributed by atoms with E-state index in [0.717, 1.165) is 26.1 Å². The summed E-state index contributed by atoms with van der Waals surface area (Å²) in [6, 6.07) is 0. The molecule has 18 heavy (non-hydrogen) atoms. The van der Waals surface area contributed by atoms with Crippen molar-refractivity contribution in [1.29, 1.82) is 5.41 Å². The Bertz CT molecular complexity index is 189. The molecule has 0 unspecified atom stereocenters. The van der Waals surface area contributed by atoms with Gasteiger partial charge >= 0.3 is 0 Å². The van der Waals surface area contributed by atoms with Crippen molar-refractivity contribution in [1.82, 2.24) is 5.32 Å². The van der Waals surface area contributed by atoms with Gasteiger partial charge in [0.05, 0.1) is 39.6 Å². The quantitative estimate of drug-likeness (QED) is 0.367. The SMILES string of the molecule is CCCNCCOCCOCCOCCC(C)=N. The molecule has 0 aliphatic heterocycles. The second-order valence-corrected chi connectivity index (χ2v) is 4.12. The second kappa shape index (κ2) is 14.6. The van der Waals surface area contributed by atoms with Crippen molar-refractivity contribution in [3.63, 3.8) is 0 Å². The minimum Gasteiger partial charge on any atom is -0.379 e.